The quantitative estimate of drug-likeness (QED) is 0.559. The van der Waals surface area contributed by atoms with Crippen LogP contribution in [0.5, 0.6) is 0 Å². The van der Waals surface area contributed by atoms with E-state index < -0.39 is 17.2 Å². The molecule has 0 bridgehead atoms. The summed E-state index contributed by atoms with van der Waals surface area (Å²) in [6, 6.07) is 2.13. The standard InChI is InChI=1S/C21H26ClN5O2/c1-20(2,3)29-19(28)26-21(4)8-10-27(11-9-21)18-16(24-5)15(13-6-7-13)14(12-23)17(22)25-18/h13H,6-11H2,1-4H3,(H,26,28). The average Bonchev–Trinajstić information content (AvgIpc) is 3.44. The molecule has 0 radical (unpaired) electrons. The van der Waals surface area contributed by atoms with Crippen LogP contribution in [0, 0.1) is 17.9 Å². The number of piperidine rings is 1. The highest BCUT2D eigenvalue weighted by Crippen LogP contribution is 2.50. The van der Waals surface area contributed by atoms with Gasteiger partial charge in [0.2, 0.25) is 5.69 Å². The van der Waals surface area contributed by atoms with Crippen molar-refractivity contribution in [1.82, 2.24) is 10.3 Å². The fourth-order valence-electron chi connectivity index (χ4n) is 3.65. The second-order valence-corrected chi connectivity index (χ2v) is 9.39. The molecule has 0 spiro atoms. The minimum Gasteiger partial charge on any atom is -0.444 e. The number of ether oxygens (including phenoxy) is 1. The van der Waals surface area contributed by atoms with E-state index in [1.54, 1.807) is 0 Å². The molecule has 2 fully saturated rings. The molecule has 8 heteroatoms. The van der Waals surface area contributed by atoms with Gasteiger partial charge in [0.05, 0.1) is 12.1 Å². The average molecular weight is 416 g/mol. The fraction of sp³-hybridized carbons (Fsp3) is 0.619. The molecule has 29 heavy (non-hydrogen) atoms. The summed E-state index contributed by atoms with van der Waals surface area (Å²) < 4.78 is 5.38. The molecule has 1 saturated carbocycles. The zero-order valence-electron chi connectivity index (χ0n) is 17.3. The van der Waals surface area contributed by atoms with E-state index in [2.05, 4.69) is 21.2 Å². The van der Waals surface area contributed by atoms with Gasteiger partial charge in [-0.15, -0.1) is 0 Å². The number of nitriles is 1. The molecule has 2 heterocycles. The first kappa shape index (κ1) is 21.2. The molecule has 1 aliphatic heterocycles. The van der Waals surface area contributed by atoms with Crippen LogP contribution in [0.1, 0.15) is 70.4 Å². The molecule has 1 saturated heterocycles. The summed E-state index contributed by atoms with van der Waals surface area (Å²) in [5, 5.41) is 12.6. The normalized spacial score (nSPS) is 18.5. The Hall–Kier alpha value is -2.51. The van der Waals surface area contributed by atoms with Gasteiger partial charge in [-0.1, -0.05) is 11.6 Å². The van der Waals surface area contributed by atoms with Gasteiger partial charge in [-0.2, -0.15) is 5.26 Å². The summed E-state index contributed by atoms with van der Waals surface area (Å²) in [4.78, 5) is 22.3. The van der Waals surface area contributed by atoms with Crippen LogP contribution in [-0.2, 0) is 4.74 Å². The van der Waals surface area contributed by atoms with Crippen molar-refractivity contribution in [1.29, 1.82) is 5.26 Å². The molecular formula is C21H26ClN5O2. The molecular weight excluding hydrogens is 390 g/mol. The topological polar surface area (TPSA) is 82.6 Å². The number of pyridine rings is 1. The van der Waals surface area contributed by atoms with Gasteiger partial charge in [0.15, 0.2) is 0 Å². The smallest absolute Gasteiger partial charge is 0.408 e. The van der Waals surface area contributed by atoms with Crippen molar-refractivity contribution in [3.63, 3.8) is 0 Å². The molecule has 0 unspecified atom stereocenters. The Bertz CT molecular complexity index is 898. The number of nitrogens with zero attached hydrogens (tertiary/aromatic N) is 4. The summed E-state index contributed by atoms with van der Waals surface area (Å²) >= 11 is 6.30. The van der Waals surface area contributed by atoms with Crippen molar-refractivity contribution >= 4 is 29.2 Å². The minimum absolute atomic E-state index is 0.164. The second-order valence-electron chi connectivity index (χ2n) is 9.04. The van der Waals surface area contributed by atoms with Crippen LogP contribution in [-0.4, -0.2) is 35.3 Å². The lowest BCUT2D eigenvalue weighted by molar-refractivity contribution is 0.0448. The number of hydrogen-bond acceptors (Lipinski definition) is 5. The largest absolute Gasteiger partial charge is 0.444 e. The number of carbonyl (C=O) groups excluding carboxylic acids is 1. The first-order valence-corrected chi connectivity index (χ1v) is 10.2. The molecule has 0 atom stereocenters. The summed E-state index contributed by atoms with van der Waals surface area (Å²) in [6.07, 6.45) is 2.87. The van der Waals surface area contributed by atoms with Crippen LogP contribution < -0.4 is 10.2 Å². The predicted octanol–water partition coefficient (Wildman–Crippen LogP) is 4.92. The Morgan fingerprint density at radius 2 is 2.03 bits per heavy atom. The maximum atomic E-state index is 12.2. The number of nitrogens with one attached hydrogen (secondary N) is 1. The molecule has 154 valence electrons. The predicted molar refractivity (Wildman–Crippen MR) is 111 cm³/mol. The lowest BCUT2D eigenvalue weighted by atomic mass is 9.89. The molecule has 1 N–H and O–H groups in total. The summed E-state index contributed by atoms with van der Waals surface area (Å²) in [6.45, 7) is 16.4. The molecule has 3 rings (SSSR count). The van der Waals surface area contributed by atoms with Crippen LogP contribution in [0.3, 0.4) is 0 Å². The lowest BCUT2D eigenvalue weighted by Gasteiger charge is -2.41. The van der Waals surface area contributed by atoms with Gasteiger partial charge < -0.3 is 15.0 Å². The number of aromatic nitrogens is 1. The second kappa shape index (κ2) is 7.72. The number of amides is 1. The van der Waals surface area contributed by atoms with Crippen LogP contribution in [0.25, 0.3) is 4.85 Å². The number of hydrogen-bond donors (Lipinski definition) is 1. The van der Waals surface area contributed by atoms with Gasteiger partial charge in [0.1, 0.15) is 22.6 Å². The summed E-state index contributed by atoms with van der Waals surface area (Å²) in [5.41, 5.74) is 0.577. The number of carbonyl (C=O) groups is 1. The molecule has 1 aliphatic carbocycles. The van der Waals surface area contributed by atoms with E-state index in [1.165, 1.54) is 0 Å². The van der Waals surface area contributed by atoms with Gasteiger partial charge in [0.25, 0.3) is 0 Å². The van der Waals surface area contributed by atoms with Crippen molar-refractivity contribution in [3.05, 3.63) is 27.7 Å². The Kier molecular flexibility index (Phi) is 5.65. The van der Waals surface area contributed by atoms with E-state index in [1.807, 2.05) is 32.6 Å². The minimum atomic E-state index is -0.548. The molecule has 1 aromatic rings. The third-order valence-corrected chi connectivity index (χ3v) is 5.60. The van der Waals surface area contributed by atoms with Gasteiger partial charge in [-0.3, -0.25) is 0 Å². The highest BCUT2D eigenvalue weighted by atomic mass is 35.5. The molecule has 2 aliphatic rings. The van der Waals surface area contributed by atoms with E-state index in [0.29, 0.717) is 43.0 Å². The van der Waals surface area contributed by atoms with Crippen molar-refractivity contribution in [2.75, 3.05) is 18.0 Å². The van der Waals surface area contributed by atoms with Gasteiger partial charge >= 0.3 is 6.09 Å². The van der Waals surface area contributed by atoms with Crippen molar-refractivity contribution in [3.8, 4) is 6.07 Å². The molecule has 7 nitrogen and oxygen atoms in total. The highest BCUT2D eigenvalue weighted by molar-refractivity contribution is 6.31. The van der Waals surface area contributed by atoms with E-state index in [0.717, 1.165) is 18.4 Å². The molecule has 1 aromatic heterocycles. The van der Waals surface area contributed by atoms with Crippen molar-refractivity contribution in [2.45, 2.75) is 70.4 Å². The summed E-state index contributed by atoms with van der Waals surface area (Å²) in [7, 11) is 0. The van der Waals surface area contributed by atoms with Crippen molar-refractivity contribution < 1.29 is 9.53 Å². The third-order valence-electron chi connectivity index (χ3n) is 5.33. The van der Waals surface area contributed by atoms with E-state index in [-0.39, 0.29) is 11.1 Å². The van der Waals surface area contributed by atoms with Crippen LogP contribution >= 0.6 is 11.6 Å². The number of halogens is 1. The first-order chi connectivity index (χ1) is 13.6. The zero-order valence-corrected chi connectivity index (χ0v) is 18.1. The Morgan fingerprint density at radius 1 is 1.41 bits per heavy atom. The van der Waals surface area contributed by atoms with Crippen molar-refractivity contribution in [2.24, 2.45) is 0 Å². The molecule has 0 aromatic carbocycles. The SMILES string of the molecule is [C-]#[N+]c1c(N2CCC(C)(NC(=O)OC(C)(C)C)CC2)nc(Cl)c(C#N)c1C1CC1. The van der Waals surface area contributed by atoms with E-state index >= 15 is 0 Å². The Morgan fingerprint density at radius 3 is 2.52 bits per heavy atom. The highest BCUT2D eigenvalue weighted by Gasteiger charge is 2.37. The Labute approximate surface area is 176 Å². The van der Waals surface area contributed by atoms with Crippen LogP contribution in [0.2, 0.25) is 5.15 Å². The maximum Gasteiger partial charge on any atom is 0.408 e. The monoisotopic (exact) mass is 415 g/mol. The van der Waals surface area contributed by atoms with Crippen LogP contribution in [0.15, 0.2) is 0 Å². The first-order valence-electron chi connectivity index (χ1n) is 9.84. The zero-order chi connectivity index (χ0) is 21.4. The number of alkyl carbamates (subject to hydrolysis) is 1. The number of anilines is 1. The third kappa shape index (κ3) is 4.74. The van der Waals surface area contributed by atoms with Gasteiger partial charge in [-0.05, 0) is 64.9 Å². The van der Waals surface area contributed by atoms with Gasteiger partial charge in [0, 0.05) is 18.6 Å². The maximum absolute atomic E-state index is 12.2. The fourth-order valence-corrected chi connectivity index (χ4v) is 3.87. The lowest BCUT2D eigenvalue weighted by Crippen LogP contribution is -2.54. The van der Waals surface area contributed by atoms with Gasteiger partial charge in [-0.25, -0.2) is 14.6 Å². The summed E-state index contributed by atoms with van der Waals surface area (Å²) in [5.74, 6) is 0.766. The Balaban J connectivity index is 1.79. The van der Waals surface area contributed by atoms with Crippen LogP contribution in [0.4, 0.5) is 16.3 Å². The van der Waals surface area contributed by atoms with E-state index in [4.69, 9.17) is 22.9 Å². The molecule has 1 amide bonds. The van der Waals surface area contributed by atoms with E-state index in [9.17, 15) is 10.1 Å². The number of rotatable bonds is 3.